The van der Waals surface area contributed by atoms with Gasteiger partial charge in [-0.2, -0.15) is 0 Å². The van der Waals surface area contributed by atoms with Crippen molar-refractivity contribution in [1.29, 1.82) is 0 Å². The molecule has 0 aliphatic rings. The maximum Gasteiger partial charge on any atom is 0.293 e. The van der Waals surface area contributed by atoms with Gasteiger partial charge >= 0.3 is 0 Å². The van der Waals surface area contributed by atoms with E-state index in [4.69, 9.17) is 0 Å². The molecule has 0 heterocycles. The molecule has 6 nitrogen and oxygen atoms in total. The van der Waals surface area contributed by atoms with Gasteiger partial charge < -0.3 is 0 Å². The van der Waals surface area contributed by atoms with Crippen molar-refractivity contribution in [2.75, 3.05) is 11.0 Å². The molecular weight excluding hydrogens is 336 g/mol. The van der Waals surface area contributed by atoms with E-state index in [1.807, 2.05) is 6.26 Å². The molecule has 0 unspecified atom stereocenters. The number of rotatable bonds is 5. The van der Waals surface area contributed by atoms with Crippen LogP contribution in [0.2, 0.25) is 0 Å². The van der Waals surface area contributed by atoms with Crippen LogP contribution in [0.5, 0.6) is 0 Å². The molecule has 0 fully saturated rings. The number of nitro benzene ring substituents is 1. The summed E-state index contributed by atoms with van der Waals surface area (Å²) in [7, 11) is -3.89. The third-order valence-electron chi connectivity index (χ3n) is 3.26. The predicted octanol–water partition coefficient (Wildman–Crippen LogP) is 3.73. The molecule has 0 aliphatic carbocycles. The smallest absolute Gasteiger partial charge is 0.273 e. The molecule has 0 amide bonds. The van der Waals surface area contributed by atoms with Crippen LogP contribution in [0.3, 0.4) is 0 Å². The van der Waals surface area contributed by atoms with Gasteiger partial charge in [0.2, 0.25) is 0 Å². The molecule has 0 radical (unpaired) electrons. The zero-order valence-electron chi connectivity index (χ0n) is 12.9. The van der Waals surface area contributed by atoms with Crippen LogP contribution in [0, 0.1) is 24.0 Å². The van der Waals surface area contributed by atoms with Crippen molar-refractivity contribution in [3.05, 3.63) is 57.6 Å². The van der Waals surface area contributed by atoms with Crippen LogP contribution in [0.4, 0.5) is 11.4 Å². The first-order valence-electron chi connectivity index (χ1n) is 6.67. The van der Waals surface area contributed by atoms with Crippen LogP contribution in [-0.4, -0.2) is 19.6 Å². The molecule has 0 bridgehead atoms. The summed E-state index contributed by atoms with van der Waals surface area (Å²) in [6.07, 6.45) is 1.89. The Bertz CT molecular complexity index is 847. The Morgan fingerprint density at radius 1 is 1.13 bits per heavy atom. The van der Waals surface area contributed by atoms with E-state index < -0.39 is 14.9 Å². The van der Waals surface area contributed by atoms with E-state index in [0.717, 1.165) is 4.90 Å². The standard InChI is InChI=1S/C15H16N2O4S2/c1-10-8-11(2)15(14(9-10)17(18)19)16-23(20,21)13-6-4-12(22-3)5-7-13/h4-9,16H,1-3H3. The second-order valence-corrected chi connectivity index (χ2v) is 7.58. The summed E-state index contributed by atoms with van der Waals surface area (Å²) in [5.74, 6) is 0. The van der Waals surface area contributed by atoms with Crippen LogP contribution in [0.1, 0.15) is 11.1 Å². The number of sulfonamides is 1. The highest BCUT2D eigenvalue weighted by molar-refractivity contribution is 7.98. The largest absolute Gasteiger partial charge is 0.293 e. The van der Waals surface area contributed by atoms with Crippen LogP contribution >= 0.6 is 11.8 Å². The molecule has 0 atom stereocenters. The van der Waals surface area contributed by atoms with Crippen molar-refractivity contribution in [2.45, 2.75) is 23.6 Å². The van der Waals surface area contributed by atoms with Crippen LogP contribution < -0.4 is 4.72 Å². The van der Waals surface area contributed by atoms with Crippen molar-refractivity contribution in [3.8, 4) is 0 Å². The molecule has 2 aromatic rings. The molecular formula is C15H16N2O4S2. The number of nitrogens with one attached hydrogen (secondary N) is 1. The minimum absolute atomic E-state index is 0.00505. The van der Waals surface area contributed by atoms with Crippen molar-refractivity contribution >= 4 is 33.2 Å². The van der Waals surface area contributed by atoms with E-state index in [2.05, 4.69) is 4.72 Å². The fourth-order valence-electron chi connectivity index (χ4n) is 2.17. The van der Waals surface area contributed by atoms with Gasteiger partial charge in [-0.25, -0.2) is 8.42 Å². The number of anilines is 1. The predicted molar refractivity (Wildman–Crippen MR) is 91.6 cm³/mol. The average molecular weight is 352 g/mol. The fourth-order valence-corrected chi connectivity index (χ4v) is 3.72. The molecule has 0 spiro atoms. The van der Waals surface area contributed by atoms with Crippen molar-refractivity contribution in [3.63, 3.8) is 0 Å². The molecule has 2 aromatic carbocycles. The third-order valence-corrected chi connectivity index (χ3v) is 5.37. The topological polar surface area (TPSA) is 89.3 Å². The molecule has 0 saturated heterocycles. The van der Waals surface area contributed by atoms with Gasteiger partial charge in [-0.3, -0.25) is 14.8 Å². The molecule has 2 rings (SSSR count). The average Bonchev–Trinajstić information content (AvgIpc) is 2.49. The first-order chi connectivity index (χ1) is 10.7. The maximum atomic E-state index is 12.5. The van der Waals surface area contributed by atoms with Crippen molar-refractivity contribution in [1.82, 2.24) is 0 Å². The number of nitrogens with zero attached hydrogens (tertiary/aromatic N) is 1. The summed E-state index contributed by atoms with van der Waals surface area (Å²) in [6, 6.07) is 9.38. The van der Waals surface area contributed by atoms with E-state index in [1.54, 1.807) is 32.0 Å². The second-order valence-electron chi connectivity index (χ2n) is 5.01. The summed E-state index contributed by atoms with van der Waals surface area (Å²) in [6.45, 7) is 3.36. The molecule has 1 N–H and O–H groups in total. The van der Waals surface area contributed by atoms with E-state index in [1.165, 1.54) is 30.0 Å². The summed E-state index contributed by atoms with van der Waals surface area (Å²) < 4.78 is 27.3. The van der Waals surface area contributed by atoms with Gasteiger partial charge in [0.25, 0.3) is 15.7 Å². The lowest BCUT2D eigenvalue weighted by atomic mass is 10.1. The number of benzene rings is 2. The van der Waals surface area contributed by atoms with Gasteiger partial charge in [0.05, 0.1) is 9.82 Å². The van der Waals surface area contributed by atoms with Crippen molar-refractivity contribution in [2.24, 2.45) is 0 Å². The Labute approximate surface area is 139 Å². The van der Waals surface area contributed by atoms with Gasteiger partial charge in [-0.05, 0) is 55.5 Å². The Kier molecular flexibility index (Phi) is 4.96. The SMILES string of the molecule is CSc1ccc(S(=O)(=O)Nc2c(C)cc(C)cc2[N+](=O)[O-])cc1. The molecule has 122 valence electrons. The number of hydrogen-bond acceptors (Lipinski definition) is 5. The fraction of sp³-hybridized carbons (Fsp3) is 0.200. The summed E-state index contributed by atoms with van der Waals surface area (Å²) in [5, 5.41) is 11.2. The Morgan fingerprint density at radius 3 is 2.26 bits per heavy atom. The van der Waals surface area contributed by atoms with Crippen LogP contribution in [0.15, 0.2) is 46.2 Å². The molecule has 0 aliphatic heterocycles. The quantitative estimate of drug-likeness (QED) is 0.503. The van der Waals surface area contributed by atoms with E-state index in [9.17, 15) is 18.5 Å². The molecule has 0 aromatic heterocycles. The minimum Gasteiger partial charge on any atom is -0.273 e. The summed E-state index contributed by atoms with van der Waals surface area (Å²) >= 11 is 1.50. The molecule has 8 heteroatoms. The number of hydrogen-bond donors (Lipinski definition) is 1. The highest BCUT2D eigenvalue weighted by atomic mass is 32.2. The van der Waals surface area contributed by atoms with Gasteiger partial charge in [0.1, 0.15) is 5.69 Å². The third kappa shape index (κ3) is 3.83. The highest BCUT2D eigenvalue weighted by Gasteiger charge is 2.23. The van der Waals surface area contributed by atoms with E-state index >= 15 is 0 Å². The number of nitro groups is 1. The monoisotopic (exact) mass is 352 g/mol. The maximum absolute atomic E-state index is 12.5. The van der Waals surface area contributed by atoms with Gasteiger partial charge in [-0.1, -0.05) is 6.07 Å². The summed E-state index contributed by atoms with van der Waals surface area (Å²) in [4.78, 5) is 11.6. The number of aryl methyl sites for hydroxylation is 2. The number of thioether (sulfide) groups is 1. The first kappa shape index (κ1) is 17.3. The summed E-state index contributed by atoms with van der Waals surface area (Å²) in [5.41, 5.74) is 0.934. The Balaban J connectivity index is 2.46. The highest BCUT2D eigenvalue weighted by Crippen LogP contribution is 2.31. The second kappa shape index (κ2) is 6.59. The molecule has 0 saturated carbocycles. The van der Waals surface area contributed by atoms with Crippen LogP contribution in [-0.2, 0) is 10.0 Å². The van der Waals surface area contributed by atoms with Gasteiger partial charge in [0, 0.05) is 11.0 Å². The van der Waals surface area contributed by atoms with E-state index in [-0.39, 0.29) is 16.3 Å². The Morgan fingerprint density at radius 2 is 1.74 bits per heavy atom. The zero-order valence-corrected chi connectivity index (χ0v) is 14.5. The lowest BCUT2D eigenvalue weighted by molar-refractivity contribution is -0.384. The lowest BCUT2D eigenvalue weighted by Gasteiger charge is -2.12. The minimum atomic E-state index is -3.89. The van der Waals surface area contributed by atoms with E-state index in [0.29, 0.717) is 11.1 Å². The first-order valence-corrected chi connectivity index (χ1v) is 9.38. The van der Waals surface area contributed by atoms with Gasteiger partial charge in [-0.15, -0.1) is 11.8 Å². The molecule has 23 heavy (non-hydrogen) atoms. The zero-order chi connectivity index (χ0) is 17.2. The lowest BCUT2D eigenvalue weighted by Crippen LogP contribution is -2.15. The van der Waals surface area contributed by atoms with Gasteiger partial charge in [0.15, 0.2) is 0 Å². The normalized spacial score (nSPS) is 11.3. The van der Waals surface area contributed by atoms with Crippen molar-refractivity contribution < 1.29 is 13.3 Å². The Hall–Kier alpha value is -2.06. The van der Waals surface area contributed by atoms with Crippen LogP contribution in [0.25, 0.3) is 0 Å².